The molecule has 0 unspecified atom stereocenters. The number of hydrogen-bond donors (Lipinski definition) is 2. The molecule has 0 aliphatic heterocycles. The van der Waals surface area contributed by atoms with Crippen LogP contribution in [0.2, 0.25) is 0 Å². The van der Waals surface area contributed by atoms with Gasteiger partial charge in [-0.25, -0.2) is 0 Å². The molecule has 0 saturated carbocycles. The third kappa shape index (κ3) is 4.35. The van der Waals surface area contributed by atoms with Gasteiger partial charge in [0, 0.05) is 13.2 Å². The molecule has 1 aromatic carbocycles. The Hall–Kier alpha value is -1.88. The highest BCUT2D eigenvalue weighted by atomic mass is 16.5. The van der Waals surface area contributed by atoms with Crippen molar-refractivity contribution in [2.24, 2.45) is 11.1 Å². The van der Waals surface area contributed by atoms with Gasteiger partial charge in [0.1, 0.15) is 0 Å². The lowest BCUT2D eigenvalue weighted by atomic mass is 9.92. The van der Waals surface area contributed by atoms with E-state index in [2.05, 4.69) is 5.32 Å². The average molecular weight is 278 g/mol. The second-order valence-corrected chi connectivity index (χ2v) is 5.21. The molecule has 2 amide bonds. The summed E-state index contributed by atoms with van der Waals surface area (Å²) in [6, 6.07) is 9.24. The summed E-state index contributed by atoms with van der Waals surface area (Å²) < 4.78 is 5.49. The number of ether oxygens (including phenoxy) is 1. The zero-order valence-corrected chi connectivity index (χ0v) is 12.2. The van der Waals surface area contributed by atoms with Crippen molar-refractivity contribution >= 4 is 11.8 Å². The molecule has 0 aliphatic rings. The van der Waals surface area contributed by atoms with Crippen LogP contribution >= 0.6 is 0 Å². The first kappa shape index (κ1) is 16.2. The molecule has 0 radical (unpaired) electrons. The Bertz CT molecular complexity index is 457. The molecule has 0 heterocycles. The quantitative estimate of drug-likeness (QED) is 0.791. The number of hydrogen-bond acceptors (Lipinski definition) is 3. The molecule has 0 fully saturated rings. The molecule has 5 heteroatoms. The lowest BCUT2D eigenvalue weighted by Gasteiger charge is -2.23. The Kier molecular flexibility index (Phi) is 5.70. The Morgan fingerprint density at radius 2 is 1.90 bits per heavy atom. The molecule has 1 aromatic rings. The van der Waals surface area contributed by atoms with Crippen molar-refractivity contribution in [2.45, 2.75) is 26.9 Å². The molecule has 0 saturated heterocycles. The number of carbonyl (C=O) groups is 2. The molecule has 20 heavy (non-hydrogen) atoms. The highest BCUT2D eigenvalue weighted by molar-refractivity contribution is 5.84. The summed E-state index contributed by atoms with van der Waals surface area (Å²) in [6.45, 7) is 5.81. The fourth-order valence-electron chi connectivity index (χ4n) is 1.61. The number of amides is 2. The van der Waals surface area contributed by atoms with Crippen LogP contribution in [0.15, 0.2) is 30.3 Å². The number of nitrogens with one attached hydrogen (secondary N) is 1. The van der Waals surface area contributed by atoms with Gasteiger partial charge in [-0.05, 0) is 26.3 Å². The van der Waals surface area contributed by atoms with Gasteiger partial charge >= 0.3 is 0 Å². The van der Waals surface area contributed by atoms with Crippen LogP contribution in [-0.2, 0) is 14.3 Å². The highest BCUT2D eigenvalue weighted by Gasteiger charge is 2.28. The molecule has 3 N–H and O–H groups in total. The summed E-state index contributed by atoms with van der Waals surface area (Å²) >= 11 is 0. The first-order chi connectivity index (χ1) is 9.38. The molecular formula is C15H22N2O3. The van der Waals surface area contributed by atoms with Crippen LogP contribution in [0.3, 0.4) is 0 Å². The van der Waals surface area contributed by atoms with Gasteiger partial charge in [0.15, 0.2) is 6.10 Å². The third-order valence-corrected chi connectivity index (χ3v) is 3.05. The summed E-state index contributed by atoms with van der Waals surface area (Å²) in [6.07, 6.45) is -0.676. The number of primary amides is 1. The molecule has 0 spiro atoms. The second-order valence-electron chi connectivity index (χ2n) is 5.21. The molecule has 110 valence electrons. The topological polar surface area (TPSA) is 81.4 Å². The van der Waals surface area contributed by atoms with Crippen LogP contribution in [0, 0.1) is 5.41 Å². The molecule has 0 aromatic heterocycles. The zero-order valence-electron chi connectivity index (χ0n) is 12.2. The third-order valence-electron chi connectivity index (χ3n) is 3.05. The van der Waals surface area contributed by atoms with E-state index in [1.807, 2.05) is 37.3 Å². The van der Waals surface area contributed by atoms with Crippen molar-refractivity contribution in [1.82, 2.24) is 5.32 Å². The van der Waals surface area contributed by atoms with Gasteiger partial charge in [0.25, 0.3) is 5.91 Å². The fourth-order valence-corrected chi connectivity index (χ4v) is 1.61. The van der Waals surface area contributed by atoms with Crippen LogP contribution in [-0.4, -0.2) is 25.0 Å². The monoisotopic (exact) mass is 278 g/mol. The average Bonchev–Trinajstić information content (AvgIpc) is 2.43. The van der Waals surface area contributed by atoms with Gasteiger partial charge in [0.2, 0.25) is 5.91 Å². The lowest BCUT2D eigenvalue weighted by molar-refractivity contribution is -0.134. The van der Waals surface area contributed by atoms with Gasteiger partial charge < -0.3 is 15.8 Å². The van der Waals surface area contributed by atoms with E-state index in [0.29, 0.717) is 6.61 Å². The van der Waals surface area contributed by atoms with Gasteiger partial charge in [-0.1, -0.05) is 30.3 Å². The molecule has 1 atom stereocenters. The van der Waals surface area contributed by atoms with Crippen molar-refractivity contribution in [3.8, 4) is 0 Å². The maximum Gasteiger partial charge on any atom is 0.253 e. The minimum Gasteiger partial charge on any atom is -0.369 e. The number of carbonyl (C=O) groups excluding carboxylic acids is 2. The van der Waals surface area contributed by atoms with Crippen LogP contribution in [0.25, 0.3) is 0 Å². The lowest BCUT2D eigenvalue weighted by Crippen LogP contribution is -2.44. The predicted octanol–water partition coefficient (Wildman–Crippen LogP) is 1.39. The number of nitrogens with two attached hydrogens (primary N) is 1. The Balaban J connectivity index is 2.74. The van der Waals surface area contributed by atoms with E-state index in [-0.39, 0.29) is 12.5 Å². The van der Waals surface area contributed by atoms with Gasteiger partial charge in [-0.3, -0.25) is 9.59 Å². The SMILES string of the molecule is CCO[C@@H](C(=O)NCC(C)(C)C(N)=O)c1ccccc1. The van der Waals surface area contributed by atoms with E-state index in [9.17, 15) is 9.59 Å². The van der Waals surface area contributed by atoms with Gasteiger partial charge in [-0.2, -0.15) is 0 Å². The standard InChI is InChI=1S/C15H22N2O3/c1-4-20-12(11-8-6-5-7-9-11)13(18)17-10-15(2,3)14(16)19/h5-9,12H,4,10H2,1-3H3,(H2,16,19)(H,17,18)/t12-/m1/s1. The van der Waals surface area contributed by atoms with E-state index >= 15 is 0 Å². The maximum absolute atomic E-state index is 12.2. The Morgan fingerprint density at radius 3 is 2.40 bits per heavy atom. The Morgan fingerprint density at radius 1 is 1.30 bits per heavy atom. The first-order valence-electron chi connectivity index (χ1n) is 6.62. The first-order valence-corrected chi connectivity index (χ1v) is 6.62. The zero-order chi connectivity index (χ0) is 15.2. The van der Waals surface area contributed by atoms with E-state index in [4.69, 9.17) is 10.5 Å². The fraction of sp³-hybridized carbons (Fsp3) is 0.467. The van der Waals surface area contributed by atoms with Crippen LogP contribution in [0.1, 0.15) is 32.4 Å². The minimum atomic E-state index is -0.789. The summed E-state index contributed by atoms with van der Waals surface area (Å²) in [5, 5.41) is 2.72. The molecule has 0 aliphatic carbocycles. The van der Waals surface area contributed by atoms with Crippen LogP contribution in [0.4, 0.5) is 0 Å². The van der Waals surface area contributed by atoms with E-state index in [1.165, 1.54) is 0 Å². The number of rotatable bonds is 7. The van der Waals surface area contributed by atoms with E-state index < -0.39 is 17.4 Å². The van der Waals surface area contributed by atoms with Crippen molar-refractivity contribution < 1.29 is 14.3 Å². The van der Waals surface area contributed by atoms with E-state index in [1.54, 1.807) is 13.8 Å². The smallest absolute Gasteiger partial charge is 0.253 e. The number of benzene rings is 1. The van der Waals surface area contributed by atoms with Crippen molar-refractivity contribution in [3.05, 3.63) is 35.9 Å². The maximum atomic E-state index is 12.2. The second kappa shape index (κ2) is 7.05. The molecular weight excluding hydrogens is 256 g/mol. The van der Waals surface area contributed by atoms with Crippen LogP contribution < -0.4 is 11.1 Å². The summed E-state index contributed by atoms with van der Waals surface area (Å²) in [4.78, 5) is 23.5. The van der Waals surface area contributed by atoms with Crippen molar-refractivity contribution in [2.75, 3.05) is 13.2 Å². The van der Waals surface area contributed by atoms with Crippen molar-refractivity contribution in [3.63, 3.8) is 0 Å². The highest BCUT2D eigenvalue weighted by Crippen LogP contribution is 2.18. The van der Waals surface area contributed by atoms with E-state index in [0.717, 1.165) is 5.56 Å². The van der Waals surface area contributed by atoms with Crippen LogP contribution in [0.5, 0.6) is 0 Å². The van der Waals surface area contributed by atoms with Gasteiger partial charge in [-0.15, -0.1) is 0 Å². The molecule has 0 bridgehead atoms. The predicted molar refractivity (Wildman–Crippen MR) is 76.8 cm³/mol. The van der Waals surface area contributed by atoms with Crippen molar-refractivity contribution in [1.29, 1.82) is 0 Å². The summed E-state index contributed by atoms with van der Waals surface area (Å²) in [7, 11) is 0. The minimum absolute atomic E-state index is 0.178. The summed E-state index contributed by atoms with van der Waals surface area (Å²) in [5.74, 6) is -0.724. The largest absolute Gasteiger partial charge is 0.369 e. The summed E-state index contributed by atoms with van der Waals surface area (Å²) in [5.41, 5.74) is 5.27. The Labute approximate surface area is 119 Å². The molecule has 1 rings (SSSR count). The van der Waals surface area contributed by atoms with Gasteiger partial charge in [0.05, 0.1) is 5.41 Å². The normalized spacial score (nSPS) is 12.8. The molecule has 5 nitrogen and oxygen atoms in total.